The van der Waals surface area contributed by atoms with Crippen LogP contribution in [-0.2, 0) is 0 Å². The molecule has 3 heterocycles. The normalized spacial score (nSPS) is 14.4. The third kappa shape index (κ3) is 3.49. The SMILES string of the molecule is Nc1cc(C(=O)N2CCN(C(=O)c3[nH]c4ccc(F)c(Cl)c4c3Cl)CC2)ccn1. The molecule has 7 nitrogen and oxygen atoms in total. The molecule has 2 amide bonds. The Morgan fingerprint density at radius 1 is 1.03 bits per heavy atom. The van der Waals surface area contributed by atoms with Crippen LogP contribution in [0.4, 0.5) is 10.2 Å². The third-order valence-electron chi connectivity index (χ3n) is 4.89. The van der Waals surface area contributed by atoms with Crippen LogP contribution < -0.4 is 5.73 Å². The molecule has 0 atom stereocenters. The number of nitrogens with two attached hydrogens (primary N) is 1. The van der Waals surface area contributed by atoms with E-state index in [1.54, 1.807) is 15.9 Å². The number of pyridine rings is 1. The quantitative estimate of drug-likeness (QED) is 0.645. The zero-order valence-corrected chi connectivity index (χ0v) is 16.6. The van der Waals surface area contributed by atoms with Crippen LogP contribution in [0.3, 0.4) is 0 Å². The first-order valence-electron chi connectivity index (χ1n) is 8.82. The van der Waals surface area contributed by atoms with E-state index in [2.05, 4.69) is 9.97 Å². The number of aromatic nitrogens is 2. The zero-order chi connectivity index (χ0) is 20.7. The van der Waals surface area contributed by atoms with Crippen molar-refractivity contribution in [2.75, 3.05) is 31.9 Å². The summed E-state index contributed by atoms with van der Waals surface area (Å²) in [4.78, 5) is 35.6. The van der Waals surface area contributed by atoms with Gasteiger partial charge in [0, 0.05) is 48.8 Å². The summed E-state index contributed by atoms with van der Waals surface area (Å²) in [6, 6.07) is 5.81. The summed E-state index contributed by atoms with van der Waals surface area (Å²) in [6.45, 7) is 1.39. The average molecular weight is 436 g/mol. The summed E-state index contributed by atoms with van der Waals surface area (Å²) in [7, 11) is 0. The van der Waals surface area contributed by atoms with Gasteiger partial charge in [-0.3, -0.25) is 9.59 Å². The van der Waals surface area contributed by atoms with Gasteiger partial charge in [0.1, 0.15) is 17.3 Å². The number of benzene rings is 1. The number of fused-ring (bicyclic) bond motifs is 1. The van der Waals surface area contributed by atoms with Crippen LogP contribution in [0.1, 0.15) is 20.8 Å². The first kappa shape index (κ1) is 19.5. The van der Waals surface area contributed by atoms with Crippen LogP contribution in [0.15, 0.2) is 30.5 Å². The van der Waals surface area contributed by atoms with E-state index in [0.717, 1.165) is 0 Å². The molecule has 29 heavy (non-hydrogen) atoms. The molecule has 0 aliphatic carbocycles. The van der Waals surface area contributed by atoms with Gasteiger partial charge in [-0.15, -0.1) is 0 Å². The van der Waals surface area contributed by atoms with Crippen LogP contribution in [-0.4, -0.2) is 57.8 Å². The van der Waals surface area contributed by atoms with Crippen molar-refractivity contribution < 1.29 is 14.0 Å². The predicted octanol–water partition coefficient (Wildman–Crippen LogP) is 3.19. The molecular formula is C19H16Cl2FN5O2. The average Bonchev–Trinajstić information content (AvgIpc) is 3.07. The Hall–Kier alpha value is -2.84. The van der Waals surface area contributed by atoms with Crippen LogP contribution in [0, 0.1) is 5.82 Å². The minimum atomic E-state index is -0.608. The van der Waals surface area contributed by atoms with Gasteiger partial charge in [-0.1, -0.05) is 23.2 Å². The van der Waals surface area contributed by atoms with Gasteiger partial charge in [-0.2, -0.15) is 0 Å². The summed E-state index contributed by atoms with van der Waals surface area (Å²) in [6.07, 6.45) is 1.48. The van der Waals surface area contributed by atoms with E-state index < -0.39 is 5.82 Å². The number of anilines is 1. The predicted molar refractivity (Wildman–Crippen MR) is 109 cm³/mol. The summed E-state index contributed by atoms with van der Waals surface area (Å²) >= 11 is 12.3. The molecule has 0 bridgehead atoms. The molecule has 0 spiro atoms. The van der Waals surface area contributed by atoms with Crippen LogP contribution in [0.5, 0.6) is 0 Å². The Bertz CT molecular complexity index is 1130. The number of amides is 2. The lowest BCUT2D eigenvalue weighted by atomic mass is 10.2. The van der Waals surface area contributed by atoms with Crippen molar-refractivity contribution in [1.82, 2.24) is 19.8 Å². The molecule has 150 valence electrons. The molecule has 3 aromatic rings. The van der Waals surface area contributed by atoms with E-state index in [9.17, 15) is 14.0 Å². The molecule has 0 radical (unpaired) electrons. The summed E-state index contributed by atoms with van der Waals surface area (Å²) in [5.74, 6) is -0.837. The molecule has 1 saturated heterocycles. The fraction of sp³-hybridized carbons (Fsp3) is 0.211. The lowest BCUT2D eigenvalue weighted by Crippen LogP contribution is -2.50. The van der Waals surface area contributed by atoms with Crippen LogP contribution in [0.25, 0.3) is 10.9 Å². The van der Waals surface area contributed by atoms with Crippen LogP contribution >= 0.6 is 23.2 Å². The molecule has 1 aliphatic rings. The van der Waals surface area contributed by atoms with Crippen molar-refractivity contribution in [2.24, 2.45) is 0 Å². The number of hydrogen-bond acceptors (Lipinski definition) is 4. The molecule has 4 rings (SSSR count). The van der Waals surface area contributed by atoms with E-state index in [1.807, 2.05) is 0 Å². The first-order valence-corrected chi connectivity index (χ1v) is 9.57. The maximum Gasteiger partial charge on any atom is 0.271 e. The Morgan fingerprint density at radius 3 is 2.34 bits per heavy atom. The van der Waals surface area contributed by atoms with Gasteiger partial charge in [0.2, 0.25) is 0 Å². The minimum Gasteiger partial charge on any atom is -0.384 e. The van der Waals surface area contributed by atoms with E-state index in [0.29, 0.717) is 37.3 Å². The highest BCUT2D eigenvalue weighted by molar-refractivity contribution is 6.44. The zero-order valence-electron chi connectivity index (χ0n) is 15.1. The number of carbonyl (C=O) groups is 2. The van der Waals surface area contributed by atoms with E-state index in [-0.39, 0.29) is 38.8 Å². The molecule has 3 N–H and O–H groups in total. The topological polar surface area (TPSA) is 95.3 Å². The number of piperazine rings is 1. The number of H-pyrrole nitrogens is 1. The van der Waals surface area contributed by atoms with Gasteiger partial charge in [-0.25, -0.2) is 9.37 Å². The molecule has 1 aromatic carbocycles. The van der Waals surface area contributed by atoms with Crippen molar-refractivity contribution in [3.8, 4) is 0 Å². The number of aromatic amines is 1. The Kier molecular flexibility index (Phi) is 5.06. The summed E-state index contributed by atoms with van der Waals surface area (Å²) in [5.41, 5.74) is 6.72. The number of nitrogens with zero attached hydrogens (tertiary/aromatic N) is 3. The smallest absolute Gasteiger partial charge is 0.271 e. The maximum atomic E-state index is 13.7. The van der Waals surface area contributed by atoms with Crippen molar-refractivity contribution in [3.05, 3.63) is 57.6 Å². The van der Waals surface area contributed by atoms with E-state index >= 15 is 0 Å². The first-order chi connectivity index (χ1) is 13.9. The van der Waals surface area contributed by atoms with Crippen molar-refractivity contribution in [2.45, 2.75) is 0 Å². The Morgan fingerprint density at radius 2 is 1.69 bits per heavy atom. The molecule has 1 aliphatic heterocycles. The fourth-order valence-electron chi connectivity index (χ4n) is 3.37. The fourth-order valence-corrected chi connectivity index (χ4v) is 4.00. The largest absolute Gasteiger partial charge is 0.384 e. The third-order valence-corrected chi connectivity index (χ3v) is 5.64. The van der Waals surface area contributed by atoms with Crippen molar-refractivity contribution in [1.29, 1.82) is 0 Å². The second-order valence-electron chi connectivity index (χ2n) is 6.65. The van der Waals surface area contributed by atoms with E-state index in [1.165, 1.54) is 24.4 Å². The second kappa shape index (κ2) is 7.53. The summed E-state index contributed by atoms with van der Waals surface area (Å²) in [5, 5.41) is 0.232. The second-order valence-corrected chi connectivity index (χ2v) is 7.41. The molecular weight excluding hydrogens is 420 g/mol. The van der Waals surface area contributed by atoms with Gasteiger partial charge in [0.05, 0.1) is 10.0 Å². The molecule has 2 aromatic heterocycles. The number of carbonyl (C=O) groups excluding carboxylic acids is 2. The number of rotatable bonds is 2. The summed E-state index contributed by atoms with van der Waals surface area (Å²) < 4.78 is 13.7. The van der Waals surface area contributed by atoms with Gasteiger partial charge >= 0.3 is 0 Å². The molecule has 1 fully saturated rings. The van der Waals surface area contributed by atoms with Crippen molar-refractivity contribution in [3.63, 3.8) is 0 Å². The highest BCUT2D eigenvalue weighted by atomic mass is 35.5. The maximum absolute atomic E-state index is 13.7. The van der Waals surface area contributed by atoms with Crippen LogP contribution in [0.2, 0.25) is 10.0 Å². The van der Waals surface area contributed by atoms with Gasteiger partial charge < -0.3 is 20.5 Å². The monoisotopic (exact) mass is 435 g/mol. The lowest BCUT2D eigenvalue weighted by Gasteiger charge is -2.34. The highest BCUT2D eigenvalue weighted by Gasteiger charge is 2.28. The molecule has 0 unspecified atom stereocenters. The minimum absolute atomic E-state index is 0.0836. The number of halogens is 3. The number of hydrogen-bond donors (Lipinski definition) is 2. The van der Waals surface area contributed by atoms with Gasteiger partial charge in [-0.05, 0) is 24.3 Å². The lowest BCUT2D eigenvalue weighted by molar-refractivity contribution is 0.0533. The standard InChI is InChI=1S/C19H16Cl2FN5O2/c20-15-11(22)1-2-12-14(15)16(21)17(25-12)19(29)27-7-5-26(6-8-27)18(28)10-3-4-24-13(23)9-10/h1-4,9,25H,5-8H2,(H2,23,24). The highest BCUT2D eigenvalue weighted by Crippen LogP contribution is 2.35. The van der Waals surface area contributed by atoms with Crippen molar-refractivity contribution >= 4 is 51.7 Å². The molecule has 0 saturated carbocycles. The Labute approximate surface area is 175 Å². The number of nitrogens with one attached hydrogen (secondary N) is 1. The van der Waals surface area contributed by atoms with Gasteiger partial charge in [0.25, 0.3) is 11.8 Å². The molecule has 10 heteroatoms. The van der Waals surface area contributed by atoms with E-state index in [4.69, 9.17) is 28.9 Å². The van der Waals surface area contributed by atoms with Gasteiger partial charge in [0.15, 0.2) is 0 Å². The Balaban J connectivity index is 1.50. The number of nitrogen functional groups attached to an aromatic ring is 1.